The summed E-state index contributed by atoms with van der Waals surface area (Å²) in [5, 5.41) is 12.6. The molecule has 0 fully saturated rings. The lowest BCUT2D eigenvalue weighted by molar-refractivity contribution is 0.0951. The van der Waals surface area contributed by atoms with Crippen LogP contribution in [-0.2, 0) is 11.3 Å². The van der Waals surface area contributed by atoms with Gasteiger partial charge in [-0.25, -0.2) is 14.6 Å². The van der Waals surface area contributed by atoms with Crippen molar-refractivity contribution < 1.29 is 9.53 Å². The highest BCUT2D eigenvalue weighted by Gasteiger charge is 2.15. The van der Waals surface area contributed by atoms with Crippen molar-refractivity contribution in [2.24, 2.45) is 0 Å². The van der Waals surface area contributed by atoms with E-state index in [1.54, 1.807) is 29.8 Å². The predicted octanol–water partition coefficient (Wildman–Crippen LogP) is 3.42. The molecule has 0 aliphatic rings. The Morgan fingerprint density at radius 2 is 2.07 bits per heavy atom. The molecule has 0 atom stereocenters. The number of ether oxygens (including phenoxy) is 1. The van der Waals surface area contributed by atoms with E-state index in [4.69, 9.17) is 9.72 Å². The fourth-order valence-electron chi connectivity index (χ4n) is 2.78. The molecule has 0 spiro atoms. The molecule has 2 heterocycles. The third-order valence-electron chi connectivity index (χ3n) is 4.14. The number of carbonyl (C=O) groups is 1. The largest absolute Gasteiger partial charge is 0.383 e. The molecular formula is C20H25IN6O2S. The van der Waals surface area contributed by atoms with Crippen LogP contribution >= 0.6 is 34.4 Å². The van der Waals surface area contributed by atoms with Gasteiger partial charge in [0.05, 0.1) is 30.3 Å². The summed E-state index contributed by atoms with van der Waals surface area (Å²) in [5.41, 5.74) is 1.42. The van der Waals surface area contributed by atoms with Gasteiger partial charge in [-0.1, -0.05) is 37.7 Å². The van der Waals surface area contributed by atoms with Crippen molar-refractivity contribution in [2.45, 2.75) is 30.8 Å². The quantitative estimate of drug-likeness (QED) is 0.176. The van der Waals surface area contributed by atoms with E-state index in [1.165, 1.54) is 0 Å². The summed E-state index contributed by atoms with van der Waals surface area (Å²) in [6.07, 6.45) is 1.76. The normalized spacial score (nSPS) is 11.2. The highest BCUT2D eigenvalue weighted by molar-refractivity contribution is 14.1. The first kappa shape index (κ1) is 22.8. The van der Waals surface area contributed by atoms with Gasteiger partial charge in [0.25, 0.3) is 5.91 Å². The minimum atomic E-state index is -0.0935. The number of benzene rings is 1. The maximum absolute atomic E-state index is 12.4. The van der Waals surface area contributed by atoms with Gasteiger partial charge in [-0.3, -0.25) is 4.79 Å². The topological polar surface area (TPSA) is 94.0 Å². The third kappa shape index (κ3) is 5.82. The Labute approximate surface area is 193 Å². The first-order valence-electron chi connectivity index (χ1n) is 9.65. The maximum Gasteiger partial charge on any atom is 0.252 e. The van der Waals surface area contributed by atoms with Gasteiger partial charge in [0, 0.05) is 29.0 Å². The first-order chi connectivity index (χ1) is 14.5. The molecule has 0 radical (unpaired) electrons. The van der Waals surface area contributed by atoms with Crippen molar-refractivity contribution in [3.05, 3.63) is 39.6 Å². The number of nitrogens with zero attached hydrogens (tertiary/aromatic N) is 4. The number of amides is 1. The minimum Gasteiger partial charge on any atom is -0.383 e. The van der Waals surface area contributed by atoms with Crippen molar-refractivity contribution >= 4 is 57.1 Å². The number of nitrogens with one attached hydrogen (secondary N) is 2. The summed E-state index contributed by atoms with van der Waals surface area (Å²) >= 11 is 3.77. The van der Waals surface area contributed by atoms with Gasteiger partial charge in [0.15, 0.2) is 10.8 Å². The molecule has 3 aromatic rings. The zero-order valence-electron chi connectivity index (χ0n) is 17.2. The van der Waals surface area contributed by atoms with Gasteiger partial charge in [-0.2, -0.15) is 5.10 Å². The van der Waals surface area contributed by atoms with E-state index in [0.717, 1.165) is 20.4 Å². The highest BCUT2D eigenvalue weighted by atomic mass is 127. The second kappa shape index (κ2) is 10.9. The standard InChI is InChI=1S/C20H25IN6O2S/c1-13(2)30-20-25-17(22-9-11-29-3)15-12-24-27(18(15)26-20)10-8-23-19(28)14-6-4-5-7-16(14)21/h4-7,12-13H,8-11H2,1-3H3,(H,23,28)(H,22,25,26). The molecule has 10 heteroatoms. The summed E-state index contributed by atoms with van der Waals surface area (Å²) in [4.78, 5) is 21.8. The molecule has 1 amide bonds. The van der Waals surface area contributed by atoms with E-state index in [1.807, 2.05) is 24.3 Å². The molecule has 2 N–H and O–H groups in total. The number of fused-ring (bicyclic) bond motifs is 1. The average Bonchev–Trinajstić information content (AvgIpc) is 3.11. The Bertz CT molecular complexity index is 1010. The Kier molecular flexibility index (Phi) is 8.28. The molecule has 0 aliphatic carbocycles. The van der Waals surface area contributed by atoms with E-state index < -0.39 is 0 Å². The van der Waals surface area contributed by atoms with Gasteiger partial charge in [-0.15, -0.1) is 0 Å². The van der Waals surface area contributed by atoms with Crippen LogP contribution in [0.1, 0.15) is 24.2 Å². The van der Waals surface area contributed by atoms with Crippen LogP contribution in [0, 0.1) is 3.57 Å². The van der Waals surface area contributed by atoms with Crippen molar-refractivity contribution in [1.82, 2.24) is 25.1 Å². The second-order valence-corrected chi connectivity index (χ2v) is 9.49. The zero-order chi connectivity index (χ0) is 21.5. The van der Waals surface area contributed by atoms with Crippen LogP contribution in [0.2, 0.25) is 0 Å². The van der Waals surface area contributed by atoms with Crippen LogP contribution in [0.25, 0.3) is 11.0 Å². The third-order valence-corrected chi connectivity index (χ3v) is 5.95. The second-order valence-electron chi connectivity index (χ2n) is 6.78. The molecule has 0 unspecified atom stereocenters. The Balaban J connectivity index is 1.75. The molecule has 3 rings (SSSR count). The molecule has 2 aromatic heterocycles. The number of anilines is 1. The number of thioether (sulfide) groups is 1. The van der Waals surface area contributed by atoms with Gasteiger partial charge in [0.2, 0.25) is 0 Å². The van der Waals surface area contributed by atoms with E-state index >= 15 is 0 Å². The van der Waals surface area contributed by atoms with E-state index in [0.29, 0.717) is 42.2 Å². The Hall–Kier alpha value is -1.92. The van der Waals surface area contributed by atoms with Crippen LogP contribution in [-0.4, -0.2) is 57.7 Å². The lowest BCUT2D eigenvalue weighted by atomic mass is 10.2. The molecule has 160 valence electrons. The average molecular weight is 540 g/mol. The van der Waals surface area contributed by atoms with E-state index in [2.05, 4.69) is 57.2 Å². The molecule has 0 aliphatic heterocycles. The summed E-state index contributed by atoms with van der Waals surface area (Å²) < 4.78 is 7.85. The Morgan fingerprint density at radius 1 is 1.27 bits per heavy atom. The lowest BCUT2D eigenvalue weighted by Crippen LogP contribution is -2.28. The van der Waals surface area contributed by atoms with Crippen molar-refractivity contribution in [1.29, 1.82) is 0 Å². The first-order valence-corrected chi connectivity index (χ1v) is 11.6. The molecule has 0 saturated heterocycles. The van der Waals surface area contributed by atoms with Crippen LogP contribution in [0.3, 0.4) is 0 Å². The summed E-state index contributed by atoms with van der Waals surface area (Å²) in [7, 11) is 1.67. The number of hydrogen-bond acceptors (Lipinski definition) is 7. The molecule has 1 aromatic carbocycles. The molecule has 0 bridgehead atoms. The predicted molar refractivity (Wildman–Crippen MR) is 128 cm³/mol. The maximum atomic E-state index is 12.4. The summed E-state index contributed by atoms with van der Waals surface area (Å²) in [6.45, 7) is 6.40. The van der Waals surface area contributed by atoms with Crippen LogP contribution in [0.5, 0.6) is 0 Å². The molecule has 30 heavy (non-hydrogen) atoms. The van der Waals surface area contributed by atoms with Gasteiger partial charge in [0.1, 0.15) is 5.82 Å². The van der Waals surface area contributed by atoms with Gasteiger partial charge < -0.3 is 15.4 Å². The monoisotopic (exact) mass is 540 g/mol. The van der Waals surface area contributed by atoms with Gasteiger partial charge in [-0.05, 0) is 34.7 Å². The molecule has 0 saturated carbocycles. The summed E-state index contributed by atoms with van der Waals surface area (Å²) in [5.74, 6) is 0.651. The fraction of sp³-hybridized carbons (Fsp3) is 0.400. The number of rotatable bonds is 10. The SMILES string of the molecule is COCCNc1nc(SC(C)C)nc2c1cnn2CCNC(=O)c1ccccc1I. The number of hydrogen-bond donors (Lipinski definition) is 2. The highest BCUT2D eigenvalue weighted by Crippen LogP contribution is 2.26. The van der Waals surface area contributed by atoms with Gasteiger partial charge >= 0.3 is 0 Å². The number of aromatic nitrogens is 4. The van der Waals surface area contributed by atoms with E-state index in [9.17, 15) is 4.79 Å². The van der Waals surface area contributed by atoms with Crippen molar-refractivity contribution in [2.75, 3.05) is 32.1 Å². The van der Waals surface area contributed by atoms with Crippen LogP contribution < -0.4 is 10.6 Å². The minimum absolute atomic E-state index is 0.0935. The van der Waals surface area contributed by atoms with Crippen LogP contribution in [0.4, 0.5) is 5.82 Å². The number of halogens is 1. The molecule has 8 nitrogen and oxygen atoms in total. The summed E-state index contributed by atoms with van der Waals surface area (Å²) in [6, 6.07) is 7.51. The Morgan fingerprint density at radius 3 is 2.80 bits per heavy atom. The number of methoxy groups -OCH3 is 1. The zero-order valence-corrected chi connectivity index (χ0v) is 20.2. The van der Waals surface area contributed by atoms with Crippen molar-refractivity contribution in [3.8, 4) is 0 Å². The smallest absolute Gasteiger partial charge is 0.252 e. The fourth-order valence-corrected chi connectivity index (χ4v) is 4.12. The lowest BCUT2D eigenvalue weighted by Gasteiger charge is -2.11. The van der Waals surface area contributed by atoms with E-state index in [-0.39, 0.29) is 5.91 Å². The van der Waals surface area contributed by atoms with Crippen LogP contribution in [0.15, 0.2) is 35.6 Å². The van der Waals surface area contributed by atoms with Crippen molar-refractivity contribution in [3.63, 3.8) is 0 Å². The molecular weight excluding hydrogens is 515 g/mol. The number of carbonyl (C=O) groups excluding carboxylic acids is 1.